The maximum Gasteiger partial charge on any atom is 0.164 e. The smallest absolute Gasteiger partial charge is 0.164 e. The van der Waals surface area contributed by atoms with E-state index < -0.39 is 0 Å². The first-order valence-corrected chi connectivity index (χ1v) is 35.8. The number of furan rings is 1. The molecule has 4 fully saturated rings. The molecule has 482 valence electrons. The van der Waals surface area contributed by atoms with E-state index in [9.17, 15) is 0 Å². The highest BCUT2D eigenvalue weighted by Gasteiger charge is 2.61. The molecule has 17 aromatic rings. The van der Waals surface area contributed by atoms with Gasteiger partial charge in [-0.15, -0.1) is 0 Å². The summed E-state index contributed by atoms with van der Waals surface area (Å²) in [4.78, 5) is 33.3. The van der Waals surface area contributed by atoms with Crippen LogP contribution in [0.4, 0.5) is 0 Å². The SMILES string of the molecule is c1ccc(-c2ccc(-c3nc(-c4ccccc4)nc(-c4cc(-c5ccc6c(c5)C5(c7ccccc7-6)C6CC7CC(C6)CC5C7)cc(-c5nc(-c6ccc(-n7c8ccccc8c8ccccc87)cc6)nc(-c6cccc(-c7ccc8c(c7)oc7ccccc78)c6)n5)c4)n3)c(-c3ccccc3)c2)cc1. The van der Waals surface area contributed by atoms with Crippen molar-refractivity contribution in [2.24, 2.45) is 23.7 Å². The maximum atomic E-state index is 6.46. The molecule has 0 N–H and O–H groups in total. The minimum absolute atomic E-state index is 0.0442. The van der Waals surface area contributed by atoms with Gasteiger partial charge in [0.1, 0.15) is 11.2 Å². The van der Waals surface area contributed by atoms with E-state index in [0.717, 1.165) is 128 Å². The Morgan fingerprint density at radius 1 is 0.255 bits per heavy atom. The van der Waals surface area contributed by atoms with E-state index in [1.54, 1.807) is 0 Å². The first-order chi connectivity index (χ1) is 50.4. The molecule has 102 heavy (non-hydrogen) atoms. The van der Waals surface area contributed by atoms with Crippen LogP contribution in [-0.4, -0.2) is 34.5 Å². The van der Waals surface area contributed by atoms with Gasteiger partial charge in [-0.2, -0.15) is 0 Å². The molecule has 5 aliphatic rings. The molecule has 4 saturated carbocycles. The fourth-order valence-corrected chi connectivity index (χ4v) is 18.6. The second kappa shape index (κ2) is 23.3. The van der Waals surface area contributed by atoms with Gasteiger partial charge in [-0.05, 0) is 220 Å². The zero-order valence-electron chi connectivity index (χ0n) is 55.8. The van der Waals surface area contributed by atoms with Crippen molar-refractivity contribution < 1.29 is 4.42 Å². The summed E-state index contributed by atoms with van der Waals surface area (Å²) in [5.74, 6) is 6.10. The van der Waals surface area contributed by atoms with Crippen LogP contribution in [0.25, 0.3) is 173 Å². The van der Waals surface area contributed by atoms with Crippen molar-refractivity contribution in [2.45, 2.75) is 37.5 Å². The van der Waals surface area contributed by atoms with Gasteiger partial charge in [0, 0.05) is 66.0 Å². The van der Waals surface area contributed by atoms with Crippen molar-refractivity contribution in [1.82, 2.24) is 34.5 Å². The molecule has 22 rings (SSSR count). The van der Waals surface area contributed by atoms with Gasteiger partial charge in [0.05, 0.1) is 11.0 Å². The standard InChI is InChI=1S/C94H65N7O/c1-4-19-59(20-5-1)64-39-44-80(81(54-64)60-21-6-2-7-22-60)93-99-88(61-23-8-3-9-24-61)96-92(100-93)70-52-68(65-37-42-75-74-27-10-14-31-82(74)94(83(75)55-65)71-46-57-45-58(48-71)49-72(94)47-57)51-69(53-70)91-97-89(62-35-40-73(41-36-62)101-84-32-15-11-28-76(84)77-29-12-16-33-85(77)101)95-90(98-91)67-26-18-25-63(50-67)66-38-43-79-78-30-13-17-34-86(78)102-87(79)56-66/h1-44,50-58,71-72H,45-49H2. The lowest BCUT2D eigenvalue weighted by Crippen LogP contribution is -2.55. The number of aromatic nitrogens is 7. The maximum absolute atomic E-state index is 6.46. The second-order valence-corrected chi connectivity index (χ2v) is 28.6. The molecule has 0 aliphatic heterocycles. The molecular formula is C94H65N7O. The molecule has 0 radical (unpaired) electrons. The molecule has 4 bridgehead atoms. The van der Waals surface area contributed by atoms with Crippen molar-refractivity contribution in [3.63, 3.8) is 0 Å². The van der Waals surface area contributed by atoms with Gasteiger partial charge in [-0.1, -0.05) is 212 Å². The van der Waals surface area contributed by atoms with Crippen LogP contribution in [0.3, 0.4) is 0 Å². The lowest BCUT2D eigenvalue weighted by Gasteiger charge is -2.61. The minimum Gasteiger partial charge on any atom is -0.456 e. The molecule has 0 amide bonds. The van der Waals surface area contributed by atoms with Gasteiger partial charge in [0.15, 0.2) is 34.9 Å². The number of hydrogen-bond acceptors (Lipinski definition) is 7. The number of rotatable bonds is 11. The Bertz CT molecular complexity index is 6130. The largest absolute Gasteiger partial charge is 0.456 e. The van der Waals surface area contributed by atoms with Crippen LogP contribution >= 0.6 is 0 Å². The fourth-order valence-electron chi connectivity index (χ4n) is 18.6. The first kappa shape index (κ1) is 58.4. The van der Waals surface area contributed by atoms with E-state index in [4.69, 9.17) is 34.3 Å². The van der Waals surface area contributed by atoms with Crippen LogP contribution in [0.1, 0.15) is 43.2 Å². The Kier molecular flexibility index (Phi) is 13.3. The normalized spacial score (nSPS) is 17.8. The third-order valence-electron chi connectivity index (χ3n) is 22.9. The highest BCUT2D eigenvalue weighted by molar-refractivity contribution is 6.09. The lowest BCUT2D eigenvalue weighted by atomic mass is 9.43. The molecule has 4 aromatic heterocycles. The summed E-state index contributed by atoms with van der Waals surface area (Å²) in [6, 6.07) is 111. The second-order valence-electron chi connectivity index (χ2n) is 28.6. The quantitative estimate of drug-likeness (QED) is 0.127. The van der Waals surface area contributed by atoms with Gasteiger partial charge in [0.2, 0.25) is 0 Å². The molecule has 13 aromatic carbocycles. The van der Waals surface area contributed by atoms with Crippen LogP contribution in [-0.2, 0) is 5.41 Å². The third-order valence-corrected chi connectivity index (χ3v) is 22.9. The number of fused-ring (bicyclic) bond motifs is 9. The van der Waals surface area contributed by atoms with E-state index in [0.29, 0.717) is 46.8 Å². The Hall–Kier alpha value is -12.5. The average molecular weight is 1310 g/mol. The van der Waals surface area contributed by atoms with E-state index in [1.165, 1.54) is 65.1 Å². The molecule has 0 unspecified atom stereocenters. The van der Waals surface area contributed by atoms with Crippen molar-refractivity contribution in [3.05, 3.63) is 321 Å². The first-order valence-electron chi connectivity index (χ1n) is 35.8. The average Bonchev–Trinajstić information content (AvgIpc) is 1.48. The predicted molar refractivity (Wildman–Crippen MR) is 412 cm³/mol. The predicted octanol–water partition coefficient (Wildman–Crippen LogP) is 23.4. The highest BCUT2D eigenvalue weighted by atomic mass is 16.3. The molecule has 5 aliphatic carbocycles. The monoisotopic (exact) mass is 1310 g/mol. The summed E-state index contributed by atoms with van der Waals surface area (Å²) in [7, 11) is 0. The summed E-state index contributed by atoms with van der Waals surface area (Å²) in [5.41, 5.74) is 24.4. The van der Waals surface area contributed by atoms with Crippen LogP contribution in [0, 0.1) is 23.7 Å². The van der Waals surface area contributed by atoms with Crippen molar-refractivity contribution in [3.8, 4) is 130 Å². The van der Waals surface area contributed by atoms with Gasteiger partial charge < -0.3 is 8.98 Å². The van der Waals surface area contributed by atoms with Gasteiger partial charge in [-0.3, -0.25) is 0 Å². The zero-order valence-corrected chi connectivity index (χ0v) is 55.8. The molecule has 0 atom stereocenters. The van der Waals surface area contributed by atoms with Gasteiger partial charge >= 0.3 is 0 Å². The fraction of sp³-hybridized carbons (Fsp3) is 0.106. The van der Waals surface area contributed by atoms with Gasteiger partial charge in [0.25, 0.3) is 0 Å². The molecule has 4 heterocycles. The molecule has 1 spiro atoms. The zero-order chi connectivity index (χ0) is 67.0. The molecule has 8 heteroatoms. The van der Waals surface area contributed by atoms with E-state index >= 15 is 0 Å². The summed E-state index contributed by atoms with van der Waals surface area (Å²) < 4.78 is 8.81. The van der Waals surface area contributed by atoms with Crippen LogP contribution in [0.15, 0.2) is 314 Å². The van der Waals surface area contributed by atoms with Crippen LogP contribution < -0.4 is 0 Å². The molecule has 0 saturated heterocycles. The Balaban J connectivity index is 0.783. The van der Waals surface area contributed by atoms with Crippen LogP contribution in [0.2, 0.25) is 0 Å². The number of hydrogen-bond donors (Lipinski definition) is 0. The van der Waals surface area contributed by atoms with Crippen molar-refractivity contribution in [1.29, 1.82) is 0 Å². The summed E-state index contributed by atoms with van der Waals surface area (Å²) in [6.45, 7) is 0. The van der Waals surface area contributed by atoms with Crippen molar-refractivity contribution in [2.75, 3.05) is 0 Å². The summed E-state index contributed by atoms with van der Waals surface area (Å²) in [6.07, 6.45) is 6.57. The van der Waals surface area contributed by atoms with Crippen molar-refractivity contribution >= 4 is 43.7 Å². The Labute approximate surface area is 590 Å². The number of nitrogens with zero attached hydrogens (tertiary/aromatic N) is 7. The Morgan fingerprint density at radius 3 is 1.37 bits per heavy atom. The topological polar surface area (TPSA) is 95.4 Å². The molecule has 8 nitrogen and oxygen atoms in total. The third kappa shape index (κ3) is 9.50. The van der Waals surface area contributed by atoms with E-state index in [2.05, 4.69) is 284 Å². The summed E-state index contributed by atoms with van der Waals surface area (Å²) in [5, 5.41) is 4.60. The minimum atomic E-state index is -0.0442. The number of para-hydroxylation sites is 3. The summed E-state index contributed by atoms with van der Waals surface area (Å²) >= 11 is 0. The van der Waals surface area contributed by atoms with E-state index in [-0.39, 0.29) is 5.41 Å². The highest BCUT2D eigenvalue weighted by Crippen LogP contribution is 2.69. The Morgan fingerprint density at radius 2 is 0.696 bits per heavy atom. The molecular weight excluding hydrogens is 1240 g/mol. The van der Waals surface area contributed by atoms with Crippen LogP contribution in [0.5, 0.6) is 0 Å². The number of benzene rings is 13. The lowest BCUT2D eigenvalue weighted by molar-refractivity contribution is -0.0399. The van der Waals surface area contributed by atoms with E-state index in [1.807, 2.05) is 30.3 Å². The van der Waals surface area contributed by atoms with Gasteiger partial charge in [-0.25, -0.2) is 29.9 Å².